The lowest BCUT2D eigenvalue weighted by atomic mass is 10.2. The van der Waals surface area contributed by atoms with Gasteiger partial charge < -0.3 is 5.73 Å². The fourth-order valence-corrected chi connectivity index (χ4v) is 3.51. The van der Waals surface area contributed by atoms with E-state index in [0.29, 0.717) is 5.92 Å². The first kappa shape index (κ1) is 17.9. The van der Waals surface area contributed by atoms with Gasteiger partial charge in [-0.25, -0.2) is 17.5 Å². The van der Waals surface area contributed by atoms with Gasteiger partial charge in [-0.1, -0.05) is 23.2 Å². The third-order valence-corrected chi connectivity index (χ3v) is 5.27. The summed E-state index contributed by atoms with van der Waals surface area (Å²) in [5.74, 6) is -0.585. The molecule has 0 aromatic heterocycles. The number of hydrogen-bond acceptors (Lipinski definition) is 3. The zero-order valence-electron chi connectivity index (χ0n) is 10.3. The summed E-state index contributed by atoms with van der Waals surface area (Å²) < 4.78 is 39.8. The molecule has 1 saturated carbocycles. The van der Waals surface area contributed by atoms with Crippen molar-refractivity contribution in [2.75, 3.05) is 6.54 Å². The standard InChI is InChI=1S/C11H13Cl2FN2O2S.ClH/c12-7-3-4-9(10(13)11(7)14)19(17,18)16-5-8(15)6-1-2-6;/h3-4,6,8,16H,1-2,5,15H2;1H. The van der Waals surface area contributed by atoms with Gasteiger partial charge in [-0.15, -0.1) is 12.4 Å². The van der Waals surface area contributed by atoms with Crippen molar-refractivity contribution in [2.45, 2.75) is 23.8 Å². The van der Waals surface area contributed by atoms with E-state index in [9.17, 15) is 12.8 Å². The molecule has 4 nitrogen and oxygen atoms in total. The molecule has 20 heavy (non-hydrogen) atoms. The van der Waals surface area contributed by atoms with Crippen molar-refractivity contribution in [3.05, 3.63) is 28.0 Å². The van der Waals surface area contributed by atoms with E-state index in [2.05, 4.69) is 4.72 Å². The molecule has 0 aliphatic heterocycles. The molecule has 114 valence electrons. The Morgan fingerprint density at radius 1 is 1.40 bits per heavy atom. The van der Waals surface area contributed by atoms with Gasteiger partial charge in [-0.2, -0.15) is 0 Å². The Morgan fingerprint density at radius 2 is 2.00 bits per heavy atom. The van der Waals surface area contributed by atoms with Crippen LogP contribution in [0.25, 0.3) is 0 Å². The number of nitrogens with two attached hydrogens (primary N) is 1. The van der Waals surface area contributed by atoms with Crippen LogP contribution in [0.4, 0.5) is 4.39 Å². The minimum atomic E-state index is -3.89. The summed E-state index contributed by atoms with van der Waals surface area (Å²) in [7, 11) is -3.89. The van der Waals surface area contributed by atoms with E-state index in [4.69, 9.17) is 28.9 Å². The molecule has 9 heteroatoms. The van der Waals surface area contributed by atoms with Crippen LogP contribution in [0.2, 0.25) is 10.0 Å². The third kappa shape index (κ3) is 3.96. The molecule has 0 heterocycles. The van der Waals surface area contributed by atoms with Gasteiger partial charge in [-0.05, 0) is 30.9 Å². The molecule has 0 bridgehead atoms. The molecule has 1 unspecified atom stereocenters. The SMILES string of the molecule is Cl.NC(CNS(=O)(=O)c1ccc(Cl)c(F)c1Cl)C1CC1. The first-order valence-electron chi connectivity index (χ1n) is 5.71. The zero-order valence-corrected chi connectivity index (χ0v) is 13.4. The fraction of sp³-hybridized carbons (Fsp3) is 0.455. The van der Waals surface area contributed by atoms with Gasteiger partial charge in [-0.3, -0.25) is 0 Å². The molecule has 0 saturated heterocycles. The summed E-state index contributed by atoms with van der Waals surface area (Å²) in [5, 5.41) is -0.737. The maximum absolute atomic E-state index is 13.5. The Bertz CT molecular complexity index is 594. The average molecular weight is 364 g/mol. The van der Waals surface area contributed by atoms with E-state index in [1.54, 1.807) is 0 Å². The van der Waals surface area contributed by atoms with Gasteiger partial charge in [0.2, 0.25) is 10.0 Å². The van der Waals surface area contributed by atoms with Gasteiger partial charge >= 0.3 is 0 Å². The molecule has 0 amide bonds. The van der Waals surface area contributed by atoms with Crippen molar-refractivity contribution < 1.29 is 12.8 Å². The number of benzene rings is 1. The Hall–Kier alpha value is -0.110. The van der Waals surface area contributed by atoms with Crippen LogP contribution in [0, 0.1) is 11.7 Å². The molecular formula is C11H14Cl3FN2O2S. The monoisotopic (exact) mass is 362 g/mol. The topological polar surface area (TPSA) is 72.2 Å². The smallest absolute Gasteiger partial charge is 0.242 e. The molecule has 1 aromatic rings. The number of hydrogen-bond donors (Lipinski definition) is 2. The van der Waals surface area contributed by atoms with E-state index in [1.807, 2.05) is 0 Å². The summed E-state index contributed by atoms with van der Waals surface area (Å²) in [6.07, 6.45) is 2.03. The lowest BCUT2D eigenvalue weighted by Crippen LogP contribution is -2.38. The van der Waals surface area contributed by atoms with Crippen molar-refractivity contribution >= 4 is 45.6 Å². The van der Waals surface area contributed by atoms with Crippen molar-refractivity contribution in [1.82, 2.24) is 4.72 Å². The van der Waals surface area contributed by atoms with Crippen molar-refractivity contribution in [3.63, 3.8) is 0 Å². The van der Waals surface area contributed by atoms with Crippen LogP contribution in [-0.2, 0) is 10.0 Å². The average Bonchev–Trinajstić information content (AvgIpc) is 3.17. The Labute approximate surface area is 133 Å². The van der Waals surface area contributed by atoms with Crippen LogP contribution >= 0.6 is 35.6 Å². The highest BCUT2D eigenvalue weighted by Crippen LogP contribution is 2.32. The number of rotatable bonds is 5. The van der Waals surface area contributed by atoms with Crippen molar-refractivity contribution in [3.8, 4) is 0 Å². The van der Waals surface area contributed by atoms with Crippen LogP contribution in [0.3, 0.4) is 0 Å². The second kappa shape index (κ2) is 6.77. The van der Waals surface area contributed by atoms with Crippen LogP contribution in [-0.4, -0.2) is 21.0 Å². The zero-order chi connectivity index (χ0) is 14.2. The van der Waals surface area contributed by atoms with Gasteiger partial charge in [0, 0.05) is 12.6 Å². The minimum absolute atomic E-state index is 0. The van der Waals surface area contributed by atoms with Gasteiger partial charge in [0.15, 0.2) is 5.82 Å². The van der Waals surface area contributed by atoms with Crippen molar-refractivity contribution in [1.29, 1.82) is 0 Å². The predicted octanol–water partition coefficient (Wildman–Crippen LogP) is 2.57. The maximum atomic E-state index is 13.5. The van der Waals surface area contributed by atoms with Gasteiger partial charge in [0.1, 0.15) is 4.90 Å². The maximum Gasteiger partial charge on any atom is 0.242 e. The fourth-order valence-electron chi connectivity index (χ4n) is 1.69. The molecule has 1 aromatic carbocycles. The lowest BCUT2D eigenvalue weighted by Gasteiger charge is -2.13. The van der Waals surface area contributed by atoms with Crippen LogP contribution in [0.5, 0.6) is 0 Å². The summed E-state index contributed by atoms with van der Waals surface area (Å²) in [6, 6.07) is 2.09. The van der Waals surface area contributed by atoms with E-state index >= 15 is 0 Å². The van der Waals surface area contributed by atoms with E-state index in [-0.39, 0.29) is 34.9 Å². The second-order valence-corrected chi connectivity index (χ2v) is 7.05. The van der Waals surface area contributed by atoms with E-state index in [1.165, 1.54) is 6.07 Å². The van der Waals surface area contributed by atoms with E-state index in [0.717, 1.165) is 18.9 Å². The lowest BCUT2D eigenvalue weighted by molar-refractivity contribution is 0.546. The molecule has 0 spiro atoms. The number of nitrogens with one attached hydrogen (secondary N) is 1. The molecule has 1 aliphatic rings. The predicted molar refractivity (Wildman–Crippen MR) is 79.6 cm³/mol. The third-order valence-electron chi connectivity index (χ3n) is 3.03. The molecule has 2 rings (SSSR count). The largest absolute Gasteiger partial charge is 0.326 e. The Balaban J connectivity index is 0.00000200. The number of sulfonamides is 1. The molecule has 1 fully saturated rings. The molecule has 1 aliphatic carbocycles. The van der Waals surface area contributed by atoms with Crippen LogP contribution in [0.1, 0.15) is 12.8 Å². The first-order chi connectivity index (χ1) is 8.83. The van der Waals surface area contributed by atoms with Gasteiger partial charge in [0.25, 0.3) is 0 Å². The van der Waals surface area contributed by atoms with Gasteiger partial charge in [0.05, 0.1) is 10.0 Å². The Kier molecular flexibility index (Phi) is 6.07. The molecular weight excluding hydrogens is 350 g/mol. The minimum Gasteiger partial charge on any atom is -0.326 e. The van der Waals surface area contributed by atoms with Crippen LogP contribution in [0.15, 0.2) is 17.0 Å². The summed E-state index contributed by atoms with van der Waals surface area (Å²) in [4.78, 5) is -0.334. The first-order valence-corrected chi connectivity index (χ1v) is 7.95. The summed E-state index contributed by atoms with van der Waals surface area (Å²) in [5.41, 5.74) is 5.80. The van der Waals surface area contributed by atoms with Crippen molar-refractivity contribution in [2.24, 2.45) is 11.7 Å². The highest BCUT2D eigenvalue weighted by Gasteiger charge is 2.30. The highest BCUT2D eigenvalue weighted by atomic mass is 35.5. The normalized spacial score (nSPS) is 16.6. The van der Waals surface area contributed by atoms with E-state index < -0.39 is 20.9 Å². The molecule has 0 radical (unpaired) electrons. The number of halogens is 4. The second-order valence-electron chi connectivity index (χ2n) is 4.53. The highest BCUT2D eigenvalue weighted by molar-refractivity contribution is 7.89. The Morgan fingerprint density at radius 3 is 2.55 bits per heavy atom. The summed E-state index contributed by atoms with van der Waals surface area (Å²) >= 11 is 11.2. The molecule has 3 N–H and O–H groups in total. The molecule has 1 atom stereocenters. The van der Waals surface area contributed by atoms with Crippen LogP contribution < -0.4 is 10.5 Å². The quantitative estimate of drug-likeness (QED) is 0.790. The summed E-state index contributed by atoms with van der Waals surface area (Å²) in [6.45, 7) is 0.105.